The Bertz CT molecular complexity index is 1140. The van der Waals surface area contributed by atoms with E-state index in [9.17, 15) is 4.79 Å². The van der Waals surface area contributed by atoms with E-state index in [1.165, 1.54) is 11.8 Å². The van der Waals surface area contributed by atoms with E-state index < -0.39 is 0 Å². The Balaban J connectivity index is 1.39. The van der Waals surface area contributed by atoms with Gasteiger partial charge in [0.05, 0.1) is 6.20 Å². The van der Waals surface area contributed by atoms with Crippen LogP contribution in [0.3, 0.4) is 0 Å². The topological polar surface area (TPSA) is 122 Å². The SMILES string of the molecule is CC1C/C(=N\c2nc(Sc3ccc(NC(=O)C4CC4)cc3)cc3ncc(N)n23)NN1. The van der Waals surface area contributed by atoms with Crippen LogP contribution in [0.15, 0.2) is 51.4 Å². The Labute approximate surface area is 177 Å². The summed E-state index contributed by atoms with van der Waals surface area (Å²) in [6.07, 6.45) is 4.37. The summed E-state index contributed by atoms with van der Waals surface area (Å²) in [4.78, 5) is 26.6. The smallest absolute Gasteiger partial charge is 0.239 e. The van der Waals surface area contributed by atoms with Gasteiger partial charge in [0.2, 0.25) is 11.9 Å². The Morgan fingerprint density at radius 1 is 1.33 bits per heavy atom. The summed E-state index contributed by atoms with van der Waals surface area (Å²) in [5.41, 5.74) is 13.8. The Kier molecular flexibility index (Phi) is 4.80. The van der Waals surface area contributed by atoms with Crippen LogP contribution in [-0.4, -0.2) is 32.2 Å². The van der Waals surface area contributed by atoms with Crippen LogP contribution in [0.4, 0.5) is 17.5 Å². The molecule has 154 valence electrons. The number of nitrogens with one attached hydrogen (secondary N) is 3. The van der Waals surface area contributed by atoms with E-state index in [2.05, 4.69) is 33.1 Å². The monoisotopic (exact) mass is 422 g/mol. The molecule has 1 aliphatic carbocycles. The van der Waals surface area contributed by atoms with Crippen molar-refractivity contribution in [3.63, 3.8) is 0 Å². The van der Waals surface area contributed by atoms with Gasteiger partial charge in [0, 0.05) is 35.0 Å². The van der Waals surface area contributed by atoms with Crippen LogP contribution >= 0.6 is 11.8 Å². The molecule has 30 heavy (non-hydrogen) atoms. The van der Waals surface area contributed by atoms with E-state index in [0.717, 1.165) is 40.7 Å². The average molecular weight is 423 g/mol. The Hall–Kier alpha value is -3.11. The zero-order valence-corrected chi connectivity index (χ0v) is 17.2. The average Bonchev–Trinajstić information content (AvgIpc) is 3.41. The van der Waals surface area contributed by atoms with Gasteiger partial charge in [-0.05, 0) is 44.0 Å². The number of carbonyl (C=O) groups excluding carboxylic acids is 1. The van der Waals surface area contributed by atoms with Gasteiger partial charge in [-0.15, -0.1) is 0 Å². The van der Waals surface area contributed by atoms with Gasteiger partial charge in [-0.25, -0.2) is 19.8 Å². The predicted molar refractivity (Wildman–Crippen MR) is 117 cm³/mol. The van der Waals surface area contributed by atoms with Crippen molar-refractivity contribution in [1.29, 1.82) is 0 Å². The number of nitrogens with two attached hydrogens (primary N) is 1. The first-order valence-corrected chi connectivity index (χ1v) is 10.7. The summed E-state index contributed by atoms with van der Waals surface area (Å²) >= 11 is 1.51. The normalized spacial score (nSPS) is 19.9. The molecule has 1 amide bonds. The molecular weight excluding hydrogens is 400 g/mol. The number of amides is 1. The largest absolute Gasteiger partial charge is 0.383 e. The van der Waals surface area contributed by atoms with Crippen molar-refractivity contribution in [3.8, 4) is 0 Å². The van der Waals surface area contributed by atoms with Gasteiger partial charge in [0.15, 0.2) is 0 Å². The fraction of sp³-hybridized carbons (Fsp3) is 0.300. The van der Waals surface area contributed by atoms with Crippen LogP contribution in [0.2, 0.25) is 0 Å². The number of hydrazine groups is 1. The molecule has 3 heterocycles. The van der Waals surface area contributed by atoms with Crippen LogP contribution in [0.1, 0.15) is 26.2 Å². The molecule has 1 aromatic carbocycles. The molecule has 5 rings (SSSR count). The maximum absolute atomic E-state index is 11.9. The highest BCUT2D eigenvalue weighted by Gasteiger charge is 2.29. The highest BCUT2D eigenvalue weighted by molar-refractivity contribution is 7.99. The molecule has 2 aromatic heterocycles. The molecule has 0 spiro atoms. The molecule has 0 radical (unpaired) electrons. The molecule has 1 saturated carbocycles. The van der Waals surface area contributed by atoms with Crippen molar-refractivity contribution < 1.29 is 4.79 Å². The molecule has 1 aliphatic heterocycles. The number of hydrogen-bond acceptors (Lipinski definition) is 7. The number of imidazole rings is 1. The highest BCUT2D eigenvalue weighted by Crippen LogP contribution is 2.32. The Morgan fingerprint density at radius 2 is 2.13 bits per heavy atom. The molecule has 2 fully saturated rings. The van der Waals surface area contributed by atoms with Crippen molar-refractivity contribution in [1.82, 2.24) is 25.2 Å². The second-order valence-corrected chi connectivity index (χ2v) is 8.69. The highest BCUT2D eigenvalue weighted by atomic mass is 32.2. The summed E-state index contributed by atoms with van der Waals surface area (Å²) in [7, 11) is 0. The van der Waals surface area contributed by atoms with E-state index in [1.807, 2.05) is 30.3 Å². The lowest BCUT2D eigenvalue weighted by atomic mass is 10.3. The van der Waals surface area contributed by atoms with Crippen LogP contribution in [0.25, 0.3) is 5.65 Å². The number of benzene rings is 1. The minimum atomic E-state index is 0.104. The molecule has 1 atom stereocenters. The number of anilines is 2. The van der Waals surface area contributed by atoms with Gasteiger partial charge < -0.3 is 16.5 Å². The van der Waals surface area contributed by atoms with Gasteiger partial charge >= 0.3 is 0 Å². The zero-order valence-electron chi connectivity index (χ0n) is 16.4. The summed E-state index contributed by atoms with van der Waals surface area (Å²) in [6, 6.07) is 9.94. The van der Waals surface area contributed by atoms with Gasteiger partial charge in [-0.2, -0.15) is 4.99 Å². The first-order valence-electron chi connectivity index (χ1n) is 9.87. The lowest BCUT2D eigenvalue weighted by Crippen LogP contribution is -2.29. The number of nitrogens with zero attached hydrogens (tertiary/aromatic N) is 4. The molecule has 2 aliphatic rings. The first-order chi connectivity index (χ1) is 14.5. The molecule has 3 aromatic rings. The molecule has 9 nitrogen and oxygen atoms in total. The number of amidine groups is 1. The fourth-order valence-electron chi connectivity index (χ4n) is 3.23. The molecule has 1 saturated heterocycles. The molecule has 1 unspecified atom stereocenters. The number of rotatable bonds is 5. The third-order valence-corrected chi connectivity index (χ3v) is 5.90. The maximum atomic E-state index is 11.9. The Morgan fingerprint density at radius 3 is 2.83 bits per heavy atom. The van der Waals surface area contributed by atoms with Gasteiger partial charge in [0.1, 0.15) is 22.3 Å². The second-order valence-electron chi connectivity index (χ2n) is 7.59. The van der Waals surface area contributed by atoms with Crippen molar-refractivity contribution in [2.24, 2.45) is 10.9 Å². The van der Waals surface area contributed by atoms with Crippen molar-refractivity contribution in [2.45, 2.75) is 42.1 Å². The molecule has 0 bridgehead atoms. The van der Waals surface area contributed by atoms with Crippen molar-refractivity contribution in [3.05, 3.63) is 36.5 Å². The number of aliphatic imine (C=N–C) groups is 1. The number of aromatic nitrogens is 3. The summed E-state index contributed by atoms with van der Waals surface area (Å²) in [5.74, 6) is 2.07. The van der Waals surface area contributed by atoms with Crippen LogP contribution in [0.5, 0.6) is 0 Å². The van der Waals surface area contributed by atoms with Crippen LogP contribution in [0, 0.1) is 5.92 Å². The van der Waals surface area contributed by atoms with Gasteiger partial charge in [-0.1, -0.05) is 11.8 Å². The quantitative estimate of drug-likeness (QED) is 0.466. The number of fused-ring (bicyclic) bond motifs is 1. The van der Waals surface area contributed by atoms with E-state index in [4.69, 9.17) is 10.7 Å². The van der Waals surface area contributed by atoms with Crippen molar-refractivity contribution >= 4 is 46.6 Å². The second kappa shape index (κ2) is 7.62. The van der Waals surface area contributed by atoms with Gasteiger partial charge in [-0.3, -0.25) is 4.79 Å². The zero-order chi connectivity index (χ0) is 20.7. The predicted octanol–water partition coefficient (Wildman–Crippen LogP) is 2.73. The van der Waals surface area contributed by atoms with E-state index in [0.29, 0.717) is 23.5 Å². The molecule has 5 N–H and O–H groups in total. The standard InChI is InChI=1S/C20H22N8OS/c1-11-8-16(27-26-11)24-20-25-18(9-17-22-10-15(21)28(17)20)30-14-6-4-13(5-7-14)23-19(29)12-2-3-12/h4-7,9-12,26H,2-3,8,21H2,1H3,(H,23,29)(H,24,25,27). The summed E-state index contributed by atoms with van der Waals surface area (Å²) < 4.78 is 1.73. The van der Waals surface area contributed by atoms with E-state index >= 15 is 0 Å². The molecular formula is C20H22N8OS. The lowest BCUT2D eigenvalue weighted by Gasteiger charge is -2.08. The number of nitrogen functional groups attached to an aromatic ring is 1. The van der Waals surface area contributed by atoms with Gasteiger partial charge in [0.25, 0.3) is 0 Å². The minimum absolute atomic E-state index is 0.104. The first kappa shape index (κ1) is 18.9. The summed E-state index contributed by atoms with van der Waals surface area (Å²) in [6.45, 7) is 2.08. The lowest BCUT2D eigenvalue weighted by molar-refractivity contribution is -0.117. The number of carbonyl (C=O) groups is 1. The third-order valence-electron chi connectivity index (χ3n) is 4.97. The minimum Gasteiger partial charge on any atom is -0.383 e. The van der Waals surface area contributed by atoms with Crippen molar-refractivity contribution in [2.75, 3.05) is 11.1 Å². The van der Waals surface area contributed by atoms with E-state index in [-0.39, 0.29) is 11.8 Å². The van der Waals surface area contributed by atoms with Crippen LogP contribution < -0.4 is 21.9 Å². The third kappa shape index (κ3) is 3.96. The van der Waals surface area contributed by atoms with Crippen LogP contribution in [-0.2, 0) is 4.79 Å². The molecule has 10 heteroatoms. The summed E-state index contributed by atoms with van der Waals surface area (Å²) in [5, 5.41) is 3.72. The fourth-order valence-corrected chi connectivity index (χ4v) is 4.03. The van der Waals surface area contributed by atoms with E-state index in [1.54, 1.807) is 10.6 Å². The maximum Gasteiger partial charge on any atom is 0.239 e. The number of hydrogen-bond donors (Lipinski definition) is 4.